The molecule has 1 saturated carbocycles. The van der Waals surface area contributed by atoms with Gasteiger partial charge >= 0.3 is 0 Å². The van der Waals surface area contributed by atoms with E-state index in [0.29, 0.717) is 23.4 Å². The van der Waals surface area contributed by atoms with Crippen molar-refractivity contribution in [2.75, 3.05) is 0 Å². The van der Waals surface area contributed by atoms with Gasteiger partial charge in [-0.15, -0.1) is 0 Å². The fourth-order valence-corrected chi connectivity index (χ4v) is 3.20. The monoisotopic (exact) mass is 259 g/mol. The van der Waals surface area contributed by atoms with Crippen molar-refractivity contribution >= 4 is 0 Å². The predicted octanol–water partition coefficient (Wildman–Crippen LogP) is 5.04. The molecule has 1 fully saturated rings. The molecule has 1 aromatic rings. The van der Waals surface area contributed by atoms with Gasteiger partial charge in [-0.05, 0) is 48.6 Å². The van der Waals surface area contributed by atoms with E-state index < -0.39 is 0 Å². The highest BCUT2D eigenvalue weighted by Gasteiger charge is 2.31. The van der Waals surface area contributed by atoms with Crippen LogP contribution in [0.4, 0.5) is 0 Å². The van der Waals surface area contributed by atoms with E-state index in [1.165, 1.54) is 30.4 Å². The van der Waals surface area contributed by atoms with Crippen molar-refractivity contribution < 1.29 is 0 Å². The molecule has 0 aliphatic heterocycles. The van der Waals surface area contributed by atoms with E-state index in [1.807, 2.05) is 0 Å². The average Bonchev–Trinajstić information content (AvgIpc) is 2.68. The second kappa shape index (κ2) is 5.66. The van der Waals surface area contributed by atoms with Gasteiger partial charge in [-0.25, -0.2) is 0 Å². The summed E-state index contributed by atoms with van der Waals surface area (Å²) in [6, 6.07) is 10.3. The SMILES string of the molecule is CC(C)c1ccc(C(C)NC2CCC(C)(C)C2)cc1. The topological polar surface area (TPSA) is 12.0 Å². The van der Waals surface area contributed by atoms with Crippen LogP contribution < -0.4 is 5.32 Å². The first-order valence-corrected chi connectivity index (χ1v) is 7.73. The van der Waals surface area contributed by atoms with Gasteiger partial charge in [0.05, 0.1) is 0 Å². The van der Waals surface area contributed by atoms with Crippen LogP contribution in [-0.2, 0) is 0 Å². The molecule has 0 spiro atoms. The van der Waals surface area contributed by atoms with Gasteiger partial charge in [-0.2, -0.15) is 0 Å². The van der Waals surface area contributed by atoms with Crippen molar-refractivity contribution in [3.63, 3.8) is 0 Å². The summed E-state index contributed by atoms with van der Waals surface area (Å²) >= 11 is 0. The minimum atomic E-state index is 0.458. The molecule has 1 aliphatic carbocycles. The van der Waals surface area contributed by atoms with Gasteiger partial charge in [0.1, 0.15) is 0 Å². The minimum Gasteiger partial charge on any atom is -0.307 e. The van der Waals surface area contributed by atoms with E-state index >= 15 is 0 Å². The van der Waals surface area contributed by atoms with E-state index in [9.17, 15) is 0 Å². The Kier molecular flexibility index (Phi) is 4.35. The molecule has 19 heavy (non-hydrogen) atoms. The van der Waals surface area contributed by atoms with Gasteiger partial charge in [0, 0.05) is 12.1 Å². The normalized spacial score (nSPS) is 23.8. The van der Waals surface area contributed by atoms with E-state index in [4.69, 9.17) is 0 Å². The van der Waals surface area contributed by atoms with E-state index in [1.54, 1.807) is 0 Å². The van der Waals surface area contributed by atoms with Gasteiger partial charge in [-0.1, -0.05) is 52.0 Å². The summed E-state index contributed by atoms with van der Waals surface area (Å²) in [5.41, 5.74) is 3.37. The van der Waals surface area contributed by atoms with Crippen molar-refractivity contribution in [2.24, 2.45) is 5.41 Å². The molecule has 2 rings (SSSR count). The first kappa shape index (κ1) is 14.6. The van der Waals surface area contributed by atoms with Crippen LogP contribution in [-0.4, -0.2) is 6.04 Å². The lowest BCUT2D eigenvalue weighted by Gasteiger charge is -2.22. The lowest BCUT2D eigenvalue weighted by molar-refractivity contribution is 0.356. The first-order valence-electron chi connectivity index (χ1n) is 7.73. The summed E-state index contributed by atoms with van der Waals surface area (Å²) in [4.78, 5) is 0. The second-order valence-electron chi connectivity index (χ2n) is 7.31. The van der Waals surface area contributed by atoms with Crippen LogP contribution in [0.15, 0.2) is 24.3 Å². The molecule has 0 aromatic heterocycles. The molecule has 0 saturated heterocycles. The van der Waals surface area contributed by atoms with Crippen molar-refractivity contribution in [3.05, 3.63) is 35.4 Å². The van der Waals surface area contributed by atoms with Crippen molar-refractivity contribution in [2.45, 2.75) is 71.9 Å². The number of benzene rings is 1. The van der Waals surface area contributed by atoms with Crippen molar-refractivity contribution in [1.82, 2.24) is 5.32 Å². The number of nitrogens with one attached hydrogen (secondary N) is 1. The molecule has 0 radical (unpaired) electrons. The summed E-state index contributed by atoms with van der Waals surface area (Å²) in [6.45, 7) is 11.6. The maximum absolute atomic E-state index is 3.80. The Morgan fingerprint density at radius 2 is 1.63 bits per heavy atom. The van der Waals surface area contributed by atoms with E-state index in [0.717, 1.165) is 0 Å². The van der Waals surface area contributed by atoms with Crippen LogP contribution >= 0.6 is 0 Å². The van der Waals surface area contributed by atoms with Crippen LogP contribution in [0.3, 0.4) is 0 Å². The highest BCUT2D eigenvalue weighted by Crippen LogP contribution is 2.37. The maximum atomic E-state index is 3.80. The zero-order valence-corrected chi connectivity index (χ0v) is 13.2. The smallest absolute Gasteiger partial charge is 0.0294 e. The molecule has 0 bridgehead atoms. The van der Waals surface area contributed by atoms with Gasteiger partial charge in [0.2, 0.25) is 0 Å². The number of hydrogen-bond acceptors (Lipinski definition) is 1. The quantitative estimate of drug-likeness (QED) is 0.799. The molecule has 2 unspecified atom stereocenters. The van der Waals surface area contributed by atoms with E-state index in [-0.39, 0.29) is 0 Å². The minimum absolute atomic E-state index is 0.458. The fourth-order valence-electron chi connectivity index (χ4n) is 3.20. The van der Waals surface area contributed by atoms with Crippen LogP contribution in [0.5, 0.6) is 0 Å². The molecule has 1 aromatic carbocycles. The molecular weight excluding hydrogens is 230 g/mol. The molecule has 2 atom stereocenters. The van der Waals surface area contributed by atoms with Gasteiger partial charge in [0.15, 0.2) is 0 Å². The average molecular weight is 259 g/mol. The Labute approximate surface area is 118 Å². The Bertz CT molecular complexity index is 402. The summed E-state index contributed by atoms with van der Waals surface area (Å²) in [7, 11) is 0. The Morgan fingerprint density at radius 3 is 2.11 bits per heavy atom. The Balaban J connectivity index is 1.94. The lowest BCUT2D eigenvalue weighted by atomic mass is 9.91. The van der Waals surface area contributed by atoms with Gasteiger partial charge in [-0.3, -0.25) is 0 Å². The highest BCUT2D eigenvalue weighted by atomic mass is 15.0. The van der Waals surface area contributed by atoms with Crippen LogP contribution in [0.25, 0.3) is 0 Å². The highest BCUT2D eigenvalue weighted by molar-refractivity contribution is 5.26. The fraction of sp³-hybridized carbons (Fsp3) is 0.667. The van der Waals surface area contributed by atoms with Crippen molar-refractivity contribution in [3.8, 4) is 0 Å². The van der Waals surface area contributed by atoms with Crippen molar-refractivity contribution in [1.29, 1.82) is 0 Å². The molecular formula is C18H29N. The predicted molar refractivity (Wildman–Crippen MR) is 83.5 cm³/mol. The molecule has 1 nitrogen and oxygen atoms in total. The maximum Gasteiger partial charge on any atom is 0.0294 e. The largest absolute Gasteiger partial charge is 0.307 e. The second-order valence-corrected chi connectivity index (χ2v) is 7.31. The van der Waals surface area contributed by atoms with E-state index in [2.05, 4.69) is 64.2 Å². The molecule has 0 amide bonds. The van der Waals surface area contributed by atoms with Crippen LogP contribution in [0.2, 0.25) is 0 Å². The van der Waals surface area contributed by atoms with Crippen LogP contribution in [0, 0.1) is 5.41 Å². The zero-order chi connectivity index (χ0) is 14.0. The number of rotatable bonds is 4. The molecule has 1 N–H and O–H groups in total. The first-order chi connectivity index (χ1) is 8.87. The third kappa shape index (κ3) is 3.82. The molecule has 1 aliphatic rings. The lowest BCUT2D eigenvalue weighted by Crippen LogP contribution is -2.30. The Hall–Kier alpha value is -0.820. The standard InChI is InChI=1S/C18H29N/c1-13(2)15-6-8-16(9-7-15)14(3)19-17-10-11-18(4,5)12-17/h6-9,13-14,17,19H,10-12H2,1-5H3. The summed E-state index contributed by atoms with van der Waals surface area (Å²) in [5, 5.41) is 3.80. The summed E-state index contributed by atoms with van der Waals surface area (Å²) < 4.78 is 0. The molecule has 106 valence electrons. The summed E-state index contributed by atoms with van der Waals surface area (Å²) in [6.07, 6.45) is 3.98. The molecule has 0 heterocycles. The molecule has 1 heteroatoms. The summed E-state index contributed by atoms with van der Waals surface area (Å²) in [5.74, 6) is 0.618. The number of hydrogen-bond donors (Lipinski definition) is 1. The zero-order valence-electron chi connectivity index (χ0n) is 13.2. The van der Waals surface area contributed by atoms with Crippen LogP contribution in [0.1, 0.15) is 77.0 Å². The third-order valence-electron chi connectivity index (χ3n) is 4.56. The van der Waals surface area contributed by atoms with Gasteiger partial charge in [0.25, 0.3) is 0 Å². The Morgan fingerprint density at radius 1 is 1.05 bits per heavy atom. The third-order valence-corrected chi connectivity index (χ3v) is 4.56. The van der Waals surface area contributed by atoms with Gasteiger partial charge < -0.3 is 5.32 Å².